The molecule has 0 aliphatic carbocycles. The largest absolute Gasteiger partial charge is 0.481 e. The van der Waals surface area contributed by atoms with Gasteiger partial charge in [0.2, 0.25) is 0 Å². The van der Waals surface area contributed by atoms with Crippen molar-refractivity contribution in [3.05, 3.63) is 48.0 Å². The second-order valence-electron chi connectivity index (χ2n) is 7.71. The lowest BCUT2D eigenvalue weighted by Gasteiger charge is -2.31. The Balaban J connectivity index is 1.31. The summed E-state index contributed by atoms with van der Waals surface area (Å²) in [6.45, 7) is 2.70. The van der Waals surface area contributed by atoms with Crippen molar-refractivity contribution in [3.8, 4) is 0 Å². The van der Waals surface area contributed by atoms with Crippen molar-refractivity contribution >= 4 is 16.7 Å². The first-order valence-corrected chi connectivity index (χ1v) is 9.76. The molecular weight excluding hydrogens is 326 g/mol. The van der Waals surface area contributed by atoms with Crippen molar-refractivity contribution in [2.75, 3.05) is 19.6 Å². The quantitative estimate of drug-likeness (QED) is 0.890. The zero-order chi connectivity index (χ0) is 17.9. The molecular formula is C22H27NO3. The number of likely N-dealkylation sites (tertiary alicyclic amines) is 1. The highest BCUT2D eigenvalue weighted by Crippen LogP contribution is 2.28. The molecule has 2 heterocycles. The van der Waals surface area contributed by atoms with Crippen molar-refractivity contribution in [1.29, 1.82) is 0 Å². The predicted octanol–water partition coefficient (Wildman–Crippen LogP) is 3.73. The summed E-state index contributed by atoms with van der Waals surface area (Å²) in [4.78, 5) is 13.5. The summed E-state index contributed by atoms with van der Waals surface area (Å²) in [5.41, 5.74) is 1.37. The average molecular weight is 353 g/mol. The van der Waals surface area contributed by atoms with Gasteiger partial charge in [-0.3, -0.25) is 4.79 Å². The summed E-state index contributed by atoms with van der Waals surface area (Å²) in [5, 5.41) is 11.7. The summed E-state index contributed by atoms with van der Waals surface area (Å²) >= 11 is 0. The molecule has 138 valence electrons. The van der Waals surface area contributed by atoms with Crippen LogP contribution in [0.3, 0.4) is 0 Å². The number of piperidine rings is 1. The predicted molar refractivity (Wildman–Crippen MR) is 102 cm³/mol. The van der Waals surface area contributed by atoms with Crippen LogP contribution in [-0.4, -0.2) is 47.8 Å². The van der Waals surface area contributed by atoms with Crippen molar-refractivity contribution in [2.45, 2.75) is 44.3 Å². The van der Waals surface area contributed by atoms with Crippen LogP contribution in [0.15, 0.2) is 42.5 Å². The third kappa shape index (κ3) is 3.92. The normalized spacial score (nSPS) is 24.9. The first-order chi connectivity index (χ1) is 12.7. The highest BCUT2D eigenvalue weighted by molar-refractivity contribution is 5.85. The van der Waals surface area contributed by atoms with Gasteiger partial charge in [-0.15, -0.1) is 0 Å². The molecule has 0 amide bonds. The van der Waals surface area contributed by atoms with Crippen LogP contribution >= 0.6 is 0 Å². The van der Waals surface area contributed by atoms with E-state index in [4.69, 9.17) is 9.84 Å². The lowest BCUT2D eigenvalue weighted by atomic mass is 9.97. The minimum atomic E-state index is -0.642. The zero-order valence-electron chi connectivity index (χ0n) is 15.1. The molecule has 0 aromatic heterocycles. The van der Waals surface area contributed by atoms with Crippen molar-refractivity contribution in [2.24, 2.45) is 5.92 Å². The van der Waals surface area contributed by atoms with Gasteiger partial charge in [-0.25, -0.2) is 0 Å². The van der Waals surface area contributed by atoms with E-state index in [0.717, 1.165) is 51.7 Å². The highest BCUT2D eigenvalue weighted by atomic mass is 16.5. The Morgan fingerprint density at radius 3 is 2.54 bits per heavy atom. The van der Waals surface area contributed by atoms with Crippen LogP contribution in [0.4, 0.5) is 0 Å². The monoisotopic (exact) mass is 353 g/mol. The number of benzene rings is 2. The van der Waals surface area contributed by atoms with E-state index >= 15 is 0 Å². The SMILES string of the molecule is O=C(O)C1CCN(C[C@@H]2CC[C@H](Cc3cccc4ccccc34)O2)CC1. The number of nitrogens with zero attached hydrogens (tertiary/aromatic N) is 1. The Hall–Kier alpha value is -1.91. The number of carboxylic acid groups (broad SMARTS) is 1. The van der Waals surface area contributed by atoms with Gasteiger partial charge in [-0.05, 0) is 61.5 Å². The molecule has 4 heteroatoms. The lowest BCUT2D eigenvalue weighted by molar-refractivity contribution is -0.143. The van der Waals surface area contributed by atoms with Gasteiger partial charge in [-0.2, -0.15) is 0 Å². The van der Waals surface area contributed by atoms with Crippen molar-refractivity contribution in [1.82, 2.24) is 4.90 Å². The van der Waals surface area contributed by atoms with E-state index < -0.39 is 5.97 Å². The van der Waals surface area contributed by atoms with E-state index in [9.17, 15) is 4.79 Å². The van der Waals surface area contributed by atoms with Crippen LogP contribution in [0.2, 0.25) is 0 Å². The van der Waals surface area contributed by atoms with E-state index in [1.54, 1.807) is 0 Å². The maximum Gasteiger partial charge on any atom is 0.306 e. The molecule has 4 nitrogen and oxygen atoms in total. The van der Waals surface area contributed by atoms with Gasteiger partial charge in [0.1, 0.15) is 0 Å². The van der Waals surface area contributed by atoms with E-state index in [1.165, 1.54) is 16.3 Å². The molecule has 2 atom stereocenters. The average Bonchev–Trinajstić information content (AvgIpc) is 3.09. The number of hydrogen-bond donors (Lipinski definition) is 1. The van der Waals surface area contributed by atoms with Crippen LogP contribution in [0.1, 0.15) is 31.2 Å². The summed E-state index contributed by atoms with van der Waals surface area (Å²) in [6, 6.07) is 15.1. The standard InChI is InChI=1S/C22H27NO3/c24-22(25)17-10-12-23(13-11-17)15-20-9-8-19(26-20)14-18-6-3-5-16-4-1-2-7-21(16)18/h1-7,17,19-20H,8-15H2,(H,24,25)/t19-,20+/m1/s1. The van der Waals surface area contributed by atoms with Crippen LogP contribution < -0.4 is 0 Å². The molecule has 0 radical (unpaired) electrons. The number of aliphatic carboxylic acids is 1. The second kappa shape index (κ2) is 7.77. The molecule has 0 spiro atoms. The molecule has 1 N–H and O–H groups in total. The number of carboxylic acids is 1. The minimum absolute atomic E-state index is 0.158. The number of hydrogen-bond acceptors (Lipinski definition) is 3. The van der Waals surface area contributed by atoms with Crippen LogP contribution in [0.25, 0.3) is 10.8 Å². The molecule has 26 heavy (non-hydrogen) atoms. The molecule has 4 rings (SSSR count). The zero-order valence-corrected chi connectivity index (χ0v) is 15.1. The number of ether oxygens (including phenoxy) is 1. The Labute approximate surface area is 154 Å². The maximum atomic E-state index is 11.1. The fourth-order valence-electron chi connectivity index (χ4n) is 4.43. The summed E-state index contributed by atoms with van der Waals surface area (Å²) in [6.07, 6.45) is 5.30. The Morgan fingerprint density at radius 2 is 1.73 bits per heavy atom. The topological polar surface area (TPSA) is 49.8 Å². The molecule has 2 saturated heterocycles. The van der Waals surface area contributed by atoms with E-state index in [0.29, 0.717) is 6.10 Å². The van der Waals surface area contributed by atoms with Gasteiger partial charge in [-0.1, -0.05) is 42.5 Å². The number of fused-ring (bicyclic) bond motifs is 1. The maximum absolute atomic E-state index is 11.1. The first kappa shape index (κ1) is 17.5. The van der Waals surface area contributed by atoms with Gasteiger partial charge >= 0.3 is 5.97 Å². The van der Waals surface area contributed by atoms with Gasteiger partial charge in [0.05, 0.1) is 18.1 Å². The molecule has 0 bridgehead atoms. The smallest absolute Gasteiger partial charge is 0.306 e. The highest BCUT2D eigenvalue weighted by Gasteiger charge is 2.30. The third-order valence-electron chi connectivity index (χ3n) is 5.92. The number of carbonyl (C=O) groups is 1. The second-order valence-corrected chi connectivity index (χ2v) is 7.71. The van der Waals surface area contributed by atoms with Gasteiger partial charge in [0.15, 0.2) is 0 Å². The van der Waals surface area contributed by atoms with Gasteiger partial charge in [0, 0.05) is 6.54 Å². The van der Waals surface area contributed by atoms with Crippen LogP contribution in [-0.2, 0) is 16.0 Å². The minimum Gasteiger partial charge on any atom is -0.481 e. The third-order valence-corrected chi connectivity index (χ3v) is 5.92. The Morgan fingerprint density at radius 1 is 1.00 bits per heavy atom. The summed E-state index contributed by atoms with van der Waals surface area (Å²) < 4.78 is 6.33. The molecule has 2 aromatic rings. The summed E-state index contributed by atoms with van der Waals surface area (Å²) in [5.74, 6) is -0.799. The molecule has 0 unspecified atom stereocenters. The van der Waals surface area contributed by atoms with Gasteiger partial charge < -0.3 is 14.7 Å². The lowest BCUT2D eigenvalue weighted by Crippen LogP contribution is -2.40. The van der Waals surface area contributed by atoms with E-state index in [-0.39, 0.29) is 12.0 Å². The van der Waals surface area contributed by atoms with Crippen LogP contribution in [0.5, 0.6) is 0 Å². The van der Waals surface area contributed by atoms with Gasteiger partial charge in [0.25, 0.3) is 0 Å². The van der Waals surface area contributed by atoms with Crippen molar-refractivity contribution in [3.63, 3.8) is 0 Å². The Kier molecular flexibility index (Phi) is 5.23. The van der Waals surface area contributed by atoms with E-state index in [2.05, 4.69) is 47.4 Å². The fraction of sp³-hybridized carbons (Fsp3) is 0.500. The fourth-order valence-corrected chi connectivity index (χ4v) is 4.43. The molecule has 2 aliphatic heterocycles. The molecule has 2 aromatic carbocycles. The summed E-state index contributed by atoms with van der Waals surface area (Å²) in [7, 11) is 0. The Bertz CT molecular complexity index is 762. The molecule has 2 aliphatic rings. The first-order valence-electron chi connectivity index (χ1n) is 9.76. The number of rotatable bonds is 5. The van der Waals surface area contributed by atoms with Crippen LogP contribution in [0, 0.1) is 5.92 Å². The van der Waals surface area contributed by atoms with E-state index in [1.807, 2.05) is 0 Å². The molecule has 2 fully saturated rings. The molecule has 0 saturated carbocycles. The van der Waals surface area contributed by atoms with Crippen molar-refractivity contribution < 1.29 is 14.6 Å².